The van der Waals surface area contributed by atoms with Gasteiger partial charge in [0.25, 0.3) is 0 Å². The number of rotatable bonds is 3. The summed E-state index contributed by atoms with van der Waals surface area (Å²) in [6.45, 7) is 1.76. The Labute approximate surface area is 143 Å². The number of hydrogen-bond acceptors (Lipinski definition) is 5. The molecule has 1 aromatic carbocycles. The predicted molar refractivity (Wildman–Crippen MR) is 92.9 cm³/mol. The molecule has 0 radical (unpaired) electrons. The summed E-state index contributed by atoms with van der Waals surface area (Å²) in [5, 5.41) is 7.32. The highest BCUT2D eigenvalue weighted by atomic mass is 16.1. The highest BCUT2D eigenvalue weighted by Crippen LogP contribution is 2.26. The van der Waals surface area contributed by atoms with Gasteiger partial charge in [0.05, 0.1) is 17.0 Å². The van der Waals surface area contributed by atoms with E-state index in [0.717, 1.165) is 5.69 Å². The third kappa shape index (κ3) is 2.53. The standard InChI is InChI=1S/C19H14N4O2/c1-12-17-18(22-23(12)16-9-5-6-10-20-16)15(24)11-14(19(17)25)21-13-7-3-2-4-8-13/h2-11,21H,1H3. The van der Waals surface area contributed by atoms with Gasteiger partial charge >= 0.3 is 0 Å². The average Bonchev–Trinajstić information content (AvgIpc) is 2.99. The Kier molecular flexibility index (Phi) is 3.50. The van der Waals surface area contributed by atoms with Gasteiger partial charge in [0.1, 0.15) is 5.69 Å². The summed E-state index contributed by atoms with van der Waals surface area (Å²) in [6.07, 6.45) is 2.94. The minimum Gasteiger partial charge on any atom is -0.352 e. The number of carbonyl (C=O) groups is 2. The molecule has 2 aromatic heterocycles. The molecule has 4 rings (SSSR count). The number of nitrogens with one attached hydrogen (secondary N) is 1. The first-order valence-electron chi connectivity index (χ1n) is 7.79. The molecule has 1 aliphatic carbocycles. The van der Waals surface area contributed by atoms with Gasteiger partial charge in [0, 0.05) is 18.0 Å². The highest BCUT2D eigenvalue weighted by Gasteiger charge is 2.32. The van der Waals surface area contributed by atoms with Crippen LogP contribution in [0.15, 0.2) is 66.5 Å². The molecule has 0 saturated carbocycles. The number of allylic oxidation sites excluding steroid dienone is 2. The topological polar surface area (TPSA) is 76.9 Å². The monoisotopic (exact) mass is 330 g/mol. The van der Waals surface area contributed by atoms with Gasteiger partial charge in [-0.05, 0) is 31.2 Å². The highest BCUT2D eigenvalue weighted by molar-refractivity contribution is 6.25. The molecule has 0 saturated heterocycles. The smallest absolute Gasteiger partial charge is 0.213 e. The third-order valence-corrected chi connectivity index (χ3v) is 4.02. The van der Waals surface area contributed by atoms with Crippen LogP contribution < -0.4 is 5.32 Å². The number of aromatic nitrogens is 3. The van der Waals surface area contributed by atoms with Gasteiger partial charge < -0.3 is 5.32 Å². The summed E-state index contributed by atoms with van der Waals surface area (Å²) in [5.74, 6) is 0.0107. The van der Waals surface area contributed by atoms with Crippen molar-refractivity contribution >= 4 is 17.3 Å². The Balaban J connectivity index is 1.76. The summed E-state index contributed by atoms with van der Waals surface area (Å²) in [6, 6.07) is 14.6. The van der Waals surface area contributed by atoms with E-state index in [4.69, 9.17) is 0 Å². The van der Waals surface area contributed by atoms with E-state index in [0.29, 0.717) is 17.1 Å². The number of nitrogens with zero attached hydrogens (tertiary/aromatic N) is 3. The molecule has 0 unspecified atom stereocenters. The number of pyridine rings is 1. The summed E-state index contributed by atoms with van der Waals surface area (Å²) in [4.78, 5) is 29.6. The van der Waals surface area contributed by atoms with Gasteiger partial charge in [-0.2, -0.15) is 5.10 Å². The van der Waals surface area contributed by atoms with Gasteiger partial charge in [0.15, 0.2) is 5.82 Å². The SMILES string of the molecule is Cc1c2c(nn1-c1ccccn1)C(=O)C=C(Nc1ccccc1)C2=O. The van der Waals surface area contributed by atoms with Crippen molar-refractivity contribution in [2.45, 2.75) is 6.92 Å². The fourth-order valence-electron chi connectivity index (χ4n) is 2.82. The molecular formula is C19H14N4O2. The molecule has 0 atom stereocenters. The van der Waals surface area contributed by atoms with E-state index in [-0.39, 0.29) is 23.0 Å². The van der Waals surface area contributed by atoms with Gasteiger partial charge in [-0.1, -0.05) is 24.3 Å². The number of carbonyl (C=O) groups excluding carboxylic acids is 2. The van der Waals surface area contributed by atoms with Crippen LogP contribution in [-0.2, 0) is 0 Å². The maximum absolute atomic E-state index is 12.9. The van der Waals surface area contributed by atoms with Crippen LogP contribution in [0.5, 0.6) is 0 Å². The van der Waals surface area contributed by atoms with Crippen LogP contribution in [-0.4, -0.2) is 26.3 Å². The van der Waals surface area contributed by atoms with E-state index in [1.54, 1.807) is 25.3 Å². The number of fused-ring (bicyclic) bond motifs is 1. The van der Waals surface area contributed by atoms with Crippen molar-refractivity contribution in [2.75, 3.05) is 5.32 Å². The minimum atomic E-state index is -0.300. The lowest BCUT2D eigenvalue weighted by molar-refractivity contribution is 0.0983. The summed E-state index contributed by atoms with van der Waals surface area (Å²) in [5.41, 5.74) is 2.05. The van der Waals surface area contributed by atoms with Gasteiger partial charge in [-0.15, -0.1) is 0 Å². The minimum absolute atomic E-state index is 0.159. The molecule has 0 bridgehead atoms. The largest absolute Gasteiger partial charge is 0.352 e. The third-order valence-electron chi connectivity index (χ3n) is 4.02. The van der Waals surface area contributed by atoms with Crippen molar-refractivity contribution in [3.63, 3.8) is 0 Å². The molecule has 3 aromatic rings. The van der Waals surface area contributed by atoms with Gasteiger partial charge in [0.2, 0.25) is 11.6 Å². The first-order chi connectivity index (χ1) is 12.1. The fourth-order valence-corrected chi connectivity index (χ4v) is 2.82. The molecule has 2 heterocycles. The zero-order chi connectivity index (χ0) is 17.4. The molecule has 1 aliphatic rings. The van der Waals surface area contributed by atoms with Crippen LogP contribution >= 0.6 is 0 Å². The Bertz CT molecular complexity index is 1000. The number of anilines is 1. The second kappa shape index (κ2) is 5.83. The van der Waals surface area contributed by atoms with Crippen LogP contribution in [0.2, 0.25) is 0 Å². The molecule has 0 aliphatic heterocycles. The normalized spacial score (nSPS) is 13.4. The van der Waals surface area contributed by atoms with E-state index in [2.05, 4.69) is 15.4 Å². The molecule has 25 heavy (non-hydrogen) atoms. The maximum atomic E-state index is 12.9. The van der Waals surface area contributed by atoms with Crippen molar-refractivity contribution < 1.29 is 9.59 Å². The summed E-state index contributed by atoms with van der Waals surface area (Å²) in [7, 11) is 0. The number of hydrogen-bond donors (Lipinski definition) is 1. The van der Waals surface area contributed by atoms with Crippen molar-refractivity contribution in [3.05, 3.63) is 83.5 Å². The van der Waals surface area contributed by atoms with Crippen molar-refractivity contribution in [3.8, 4) is 5.82 Å². The zero-order valence-corrected chi connectivity index (χ0v) is 13.4. The van der Waals surface area contributed by atoms with Crippen LogP contribution in [0.25, 0.3) is 5.82 Å². The lowest BCUT2D eigenvalue weighted by Crippen LogP contribution is -2.21. The Morgan fingerprint density at radius 2 is 1.76 bits per heavy atom. The number of benzene rings is 1. The zero-order valence-electron chi connectivity index (χ0n) is 13.4. The van der Waals surface area contributed by atoms with E-state index < -0.39 is 0 Å². The Morgan fingerprint density at radius 3 is 2.48 bits per heavy atom. The Hall–Kier alpha value is -3.54. The molecule has 1 N–H and O–H groups in total. The van der Waals surface area contributed by atoms with Crippen LogP contribution in [0.1, 0.15) is 26.5 Å². The van der Waals surface area contributed by atoms with E-state index >= 15 is 0 Å². The predicted octanol–water partition coefficient (Wildman–Crippen LogP) is 2.95. The molecule has 122 valence electrons. The number of Topliss-reactive ketones (excluding diaryl/α,β-unsaturated/α-hetero) is 1. The average molecular weight is 330 g/mol. The van der Waals surface area contributed by atoms with E-state index in [1.165, 1.54) is 10.8 Å². The van der Waals surface area contributed by atoms with Crippen molar-refractivity contribution in [1.29, 1.82) is 0 Å². The molecular weight excluding hydrogens is 316 g/mol. The first kappa shape index (κ1) is 15.0. The van der Waals surface area contributed by atoms with Crippen LogP contribution in [0, 0.1) is 6.92 Å². The number of para-hydroxylation sites is 1. The molecule has 6 nitrogen and oxygen atoms in total. The van der Waals surface area contributed by atoms with E-state index in [1.807, 2.05) is 36.4 Å². The lowest BCUT2D eigenvalue weighted by Gasteiger charge is -2.13. The van der Waals surface area contributed by atoms with Crippen molar-refractivity contribution in [2.24, 2.45) is 0 Å². The molecule has 0 amide bonds. The first-order valence-corrected chi connectivity index (χ1v) is 7.79. The molecule has 6 heteroatoms. The lowest BCUT2D eigenvalue weighted by atomic mass is 9.97. The fraction of sp³-hybridized carbons (Fsp3) is 0.0526. The van der Waals surface area contributed by atoms with Crippen molar-refractivity contribution in [1.82, 2.24) is 14.8 Å². The van der Waals surface area contributed by atoms with Gasteiger partial charge in [-0.3, -0.25) is 9.59 Å². The summed E-state index contributed by atoms with van der Waals surface area (Å²) >= 11 is 0. The maximum Gasteiger partial charge on any atom is 0.213 e. The van der Waals surface area contributed by atoms with E-state index in [9.17, 15) is 9.59 Å². The second-order valence-corrected chi connectivity index (χ2v) is 5.65. The van der Waals surface area contributed by atoms with Crippen LogP contribution in [0.4, 0.5) is 5.69 Å². The Morgan fingerprint density at radius 1 is 1.00 bits per heavy atom. The van der Waals surface area contributed by atoms with Crippen LogP contribution in [0.3, 0.4) is 0 Å². The summed E-state index contributed by atoms with van der Waals surface area (Å²) < 4.78 is 1.53. The second-order valence-electron chi connectivity index (χ2n) is 5.65. The molecule has 0 fully saturated rings. The quantitative estimate of drug-likeness (QED) is 0.799. The molecule has 0 spiro atoms. The van der Waals surface area contributed by atoms with Gasteiger partial charge in [-0.25, -0.2) is 9.67 Å². The number of ketones is 2.